The van der Waals surface area contributed by atoms with Gasteiger partial charge in [-0.1, -0.05) is 6.92 Å². The number of rotatable bonds is 5. The van der Waals surface area contributed by atoms with Gasteiger partial charge in [0.25, 0.3) is 0 Å². The summed E-state index contributed by atoms with van der Waals surface area (Å²) in [6.45, 7) is 1.53. The van der Waals surface area contributed by atoms with Gasteiger partial charge < -0.3 is 4.57 Å². The first kappa shape index (κ1) is 20.0. The number of halogens is 3. The van der Waals surface area contributed by atoms with Gasteiger partial charge in [0.15, 0.2) is 15.5 Å². The molecule has 0 aliphatic rings. The van der Waals surface area contributed by atoms with Gasteiger partial charge >= 0.3 is 6.18 Å². The number of hydrogen-bond acceptors (Lipinski definition) is 5. The smallest absolute Gasteiger partial charge is 0.312 e. The van der Waals surface area contributed by atoms with Crippen molar-refractivity contribution < 1.29 is 21.6 Å². The quantitative estimate of drug-likeness (QED) is 0.645. The highest BCUT2D eigenvalue weighted by Gasteiger charge is 2.32. The van der Waals surface area contributed by atoms with Crippen LogP contribution in [0, 0.1) is 0 Å². The van der Waals surface area contributed by atoms with Crippen LogP contribution in [0.1, 0.15) is 23.9 Å². The van der Waals surface area contributed by atoms with E-state index in [0.29, 0.717) is 11.1 Å². The zero-order chi connectivity index (χ0) is 20.5. The van der Waals surface area contributed by atoms with E-state index in [-0.39, 0.29) is 28.5 Å². The molecular weight excluding hydrogens is 393 g/mol. The zero-order valence-corrected chi connectivity index (χ0v) is 15.9. The van der Waals surface area contributed by atoms with Crippen molar-refractivity contribution in [2.24, 2.45) is 7.05 Å². The Morgan fingerprint density at radius 1 is 1.25 bits per heavy atom. The number of fused-ring (bicyclic) bond motifs is 1. The summed E-state index contributed by atoms with van der Waals surface area (Å²) in [6.07, 6.45) is 0.956. The zero-order valence-electron chi connectivity index (χ0n) is 15.1. The number of pyridine rings is 2. The Morgan fingerprint density at radius 2 is 1.93 bits per heavy atom. The average Bonchev–Trinajstić information content (AvgIpc) is 2.97. The fraction of sp³-hybridized carbons (Fsp3) is 0.278. The molecule has 0 radical (unpaired) electrons. The lowest BCUT2D eigenvalue weighted by Crippen LogP contribution is -2.12. The highest BCUT2D eigenvalue weighted by molar-refractivity contribution is 7.91. The summed E-state index contributed by atoms with van der Waals surface area (Å²) in [5.74, 6) is -0.119. The first-order valence-corrected chi connectivity index (χ1v) is 10.1. The number of alkyl halides is 3. The van der Waals surface area contributed by atoms with Crippen molar-refractivity contribution in [3.63, 3.8) is 0 Å². The molecule has 0 saturated carbocycles. The van der Waals surface area contributed by atoms with Gasteiger partial charge in [-0.05, 0) is 29.8 Å². The molecule has 0 atom stereocenters. The molecule has 0 aliphatic carbocycles. The maximum atomic E-state index is 13.0. The van der Waals surface area contributed by atoms with Crippen molar-refractivity contribution in [3.05, 3.63) is 53.7 Å². The van der Waals surface area contributed by atoms with Crippen LogP contribution < -0.4 is 0 Å². The normalized spacial score (nSPS) is 13.2. The van der Waals surface area contributed by atoms with E-state index in [1.54, 1.807) is 37.7 Å². The van der Waals surface area contributed by atoms with Gasteiger partial charge in [0.1, 0.15) is 11.3 Å². The lowest BCUT2D eigenvalue weighted by Gasteiger charge is -2.08. The largest absolute Gasteiger partial charge is 0.417 e. The molecule has 0 spiro atoms. The molecule has 6 nitrogen and oxygen atoms in total. The Hall–Kier alpha value is -2.75. The van der Waals surface area contributed by atoms with Gasteiger partial charge in [-0.25, -0.2) is 18.4 Å². The number of nitrogens with zero attached hydrogens (tertiary/aromatic N) is 4. The minimum absolute atomic E-state index is 0.0434. The average molecular weight is 410 g/mol. The van der Waals surface area contributed by atoms with Crippen molar-refractivity contribution in [2.75, 3.05) is 11.5 Å². The second-order valence-corrected chi connectivity index (χ2v) is 8.54. The number of aromatic nitrogens is 4. The molecule has 0 bridgehead atoms. The monoisotopic (exact) mass is 410 g/mol. The van der Waals surface area contributed by atoms with E-state index in [2.05, 4.69) is 15.0 Å². The summed E-state index contributed by atoms with van der Waals surface area (Å²) in [5.41, 5.74) is 0.430. The number of aryl methyl sites for hydroxylation is 1. The summed E-state index contributed by atoms with van der Waals surface area (Å²) >= 11 is 0. The van der Waals surface area contributed by atoms with Crippen molar-refractivity contribution in [1.82, 2.24) is 19.5 Å². The summed E-state index contributed by atoms with van der Waals surface area (Å²) in [6, 6.07) is 4.30. The predicted octanol–water partition coefficient (Wildman–Crippen LogP) is 3.36. The van der Waals surface area contributed by atoms with Gasteiger partial charge in [-0.3, -0.25) is 4.98 Å². The summed E-state index contributed by atoms with van der Waals surface area (Å²) in [4.78, 5) is 12.0. The van der Waals surface area contributed by atoms with Crippen LogP contribution in [-0.2, 0) is 23.1 Å². The lowest BCUT2D eigenvalue weighted by molar-refractivity contribution is -0.137. The fourth-order valence-electron chi connectivity index (χ4n) is 2.69. The molecule has 3 aromatic rings. The van der Waals surface area contributed by atoms with Gasteiger partial charge in [0.2, 0.25) is 0 Å². The Bertz CT molecular complexity index is 1140. The summed E-state index contributed by atoms with van der Waals surface area (Å²) in [7, 11) is -1.82. The van der Waals surface area contributed by atoms with Crippen LogP contribution in [0.5, 0.6) is 0 Å². The van der Waals surface area contributed by atoms with Crippen LogP contribution in [0.25, 0.3) is 22.8 Å². The number of hydrogen-bond donors (Lipinski definition) is 0. The van der Waals surface area contributed by atoms with Crippen molar-refractivity contribution in [1.29, 1.82) is 0 Å². The maximum absolute atomic E-state index is 13.0. The molecule has 0 saturated heterocycles. The summed E-state index contributed by atoms with van der Waals surface area (Å²) in [5, 5.41) is 0. The van der Waals surface area contributed by atoms with Crippen LogP contribution in [0.2, 0.25) is 0 Å². The second-order valence-electron chi connectivity index (χ2n) is 6.19. The lowest BCUT2D eigenvalue weighted by atomic mass is 10.1. The van der Waals surface area contributed by atoms with Crippen LogP contribution in [0.3, 0.4) is 0 Å². The van der Waals surface area contributed by atoms with Crippen LogP contribution >= 0.6 is 0 Å². The molecule has 0 aromatic carbocycles. The molecule has 3 rings (SSSR count). The third-order valence-corrected chi connectivity index (χ3v) is 5.82. The second kappa shape index (κ2) is 7.34. The van der Waals surface area contributed by atoms with E-state index in [1.807, 2.05) is 0 Å². The standard InChI is InChI=1S/C18H17F3N4O2S/c1-3-28(26,27)11-13(8-12-4-6-22-7-5-12)16-24-15-9-14(18(19,20)21)10-23-17(15)25(16)2/h4-10H,3,11H2,1-2H3/b13-8+. The Labute approximate surface area is 159 Å². The van der Waals surface area contributed by atoms with E-state index in [1.165, 1.54) is 11.5 Å². The molecule has 3 heterocycles. The fourth-order valence-corrected chi connectivity index (χ4v) is 3.58. The van der Waals surface area contributed by atoms with Crippen molar-refractivity contribution >= 4 is 32.7 Å². The minimum atomic E-state index is -4.54. The van der Waals surface area contributed by atoms with Crippen LogP contribution in [-0.4, -0.2) is 39.4 Å². The van der Waals surface area contributed by atoms with Crippen LogP contribution in [0.15, 0.2) is 36.8 Å². The van der Waals surface area contributed by atoms with E-state index in [9.17, 15) is 21.6 Å². The topological polar surface area (TPSA) is 77.7 Å². The van der Waals surface area contributed by atoms with Gasteiger partial charge in [-0.15, -0.1) is 0 Å². The molecule has 0 fully saturated rings. The van der Waals surface area contributed by atoms with Gasteiger partial charge in [0, 0.05) is 37.0 Å². The van der Waals surface area contributed by atoms with Crippen molar-refractivity contribution in [2.45, 2.75) is 13.1 Å². The predicted molar refractivity (Wildman–Crippen MR) is 99.9 cm³/mol. The molecule has 0 N–H and O–H groups in total. The minimum Gasteiger partial charge on any atom is -0.312 e. The number of imidazole rings is 1. The molecule has 0 aliphatic heterocycles. The Balaban J connectivity index is 2.18. The molecule has 3 aromatic heterocycles. The van der Waals surface area contributed by atoms with Gasteiger partial charge in [-0.2, -0.15) is 13.2 Å². The molecule has 148 valence electrons. The highest BCUT2D eigenvalue weighted by Crippen LogP contribution is 2.31. The van der Waals surface area contributed by atoms with Crippen LogP contribution in [0.4, 0.5) is 13.2 Å². The Morgan fingerprint density at radius 3 is 2.54 bits per heavy atom. The maximum Gasteiger partial charge on any atom is 0.417 e. The molecule has 10 heteroatoms. The first-order valence-electron chi connectivity index (χ1n) is 8.32. The van der Waals surface area contributed by atoms with E-state index in [0.717, 1.165) is 12.3 Å². The summed E-state index contributed by atoms with van der Waals surface area (Å²) < 4.78 is 64.9. The third-order valence-electron chi connectivity index (χ3n) is 4.19. The van der Waals surface area contributed by atoms with Gasteiger partial charge in [0.05, 0.1) is 11.3 Å². The van der Waals surface area contributed by atoms with Crippen molar-refractivity contribution in [3.8, 4) is 0 Å². The van der Waals surface area contributed by atoms with E-state index < -0.39 is 21.6 Å². The Kier molecular flexibility index (Phi) is 5.24. The highest BCUT2D eigenvalue weighted by atomic mass is 32.2. The molecular formula is C18H17F3N4O2S. The van der Waals surface area contributed by atoms with E-state index >= 15 is 0 Å². The first-order chi connectivity index (χ1) is 13.1. The SMILES string of the molecule is CCS(=O)(=O)C/C(=C\c1ccncc1)c1nc2cc(C(F)(F)F)cnc2n1C. The molecule has 28 heavy (non-hydrogen) atoms. The molecule has 0 amide bonds. The molecule has 0 unspecified atom stereocenters. The number of sulfone groups is 1. The van der Waals surface area contributed by atoms with E-state index in [4.69, 9.17) is 0 Å². The third kappa shape index (κ3) is 4.22.